The largest absolute Gasteiger partial charge is 0.382 e. The number of nitrogens with one attached hydrogen (secondary N) is 1. The maximum absolute atomic E-state index is 11.9. The first kappa shape index (κ1) is 16.9. The molecule has 1 atom stereocenters. The molecule has 1 rings (SSSR count). The van der Waals surface area contributed by atoms with Gasteiger partial charge in [-0.1, -0.05) is 18.2 Å². The number of ether oxygens (including phenoxy) is 1. The SMILES string of the molecule is COCC(NC(=O)/C=C/CN(C)C)c1cccc(C#N)c1. The smallest absolute Gasteiger partial charge is 0.244 e. The van der Waals surface area contributed by atoms with Crippen LogP contribution in [-0.4, -0.2) is 45.2 Å². The molecule has 0 aromatic heterocycles. The molecule has 0 aliphatic heterocycles. The van der Waals surface area contributed by atoms with Crippen LogP contribution in [0.5, 0.6) is 0 Å². The molecule has 1 amide bonds. The zero-order chi connectivity index (χ0) is 15.7. The summed E-state index contributed by atoms with van der Waals surface area (Å²) in [6, 6.07) is 8.96. The van der Waals surface area contributed by atoms with Gasteiger partial charge in [-0.05, 0) is 31.8 Å². The number of nitriles is 1. The second-order valence-corrected chi connectivity index (χ2v) is 4.92. The van der Waals surface area contributed by atoms with E-state index in [1.807, 2.05) is 25.1 Å². The number of hydrogen-bond acceptors (Lipinski definition) is 4. The van der Waals surface area contributed by atoms with Crippen LogP contribution in [0.25, 0.3) is 0 Å². The van der Waals surface area contributed by atoms with E-state index in [4.69, 9.17) is 10.00 Å². The van der Waals surface area contributed by atoms with E-state index in [0.717, 1.165) is 5.56 Å². The number of amides is 1. The minimum absolute atomic E-state index is 0.179. The molecular formula is C16H21N3O2. The van der Waals surface area contributed by atoms with Gasteiger partial charge in [0, 0.05) is 19.7 Å². The van der Waals surface area contributed by atoms with E-state index in [-0.39, 0.29) is 11.9 Å². The molecule has 1 unspecified atom stereocenters. The number of benzene rings is 1. The van der Waals surface area contributed by atoms with Crippen LogP contribution in [-0.2, 0) is 9.53 Å². The van der Waals surface area contributed by atoms with Crippen LogP contribution in [0, 0.1) is 11.3 Å². The lowest BCUT2D eigenvalue weighted by Gasteiger charge is -2.17. The van der Waals surface area contributed by atoms with Gasteiger partial charge in [0.25, 0.3) is 0 Å². The number of likely N-dealkylation sites (N-methyl/N-ethyl adjacent to an activating group) is 1. The monoisotopic (exact) mass is 287 g/mol. The molecule has 0 spiro atoms. The summed E-state index contributed by atoms with van der Waals surface area (Å²) in [7, 11) is 5.45. The van der Waals surface area contributed by atoms with E-state index >= 15 is 0 Å². The Morgan fingerprint density at radius 3 is 2.90 bits per heavy atom. The van der Waals surface area contributed by atoms with Crippen molar-refractivity contribution >= 4 is 5.91 Å². The van der Waals surface area contributed by atoms with Crippen LogP contribution in [0.4, 0.5) is 0 Å². The van der Waals surface area contributed by atoms with Gasteiger partial charge in [0.15, 0.2) is 0 Å². The number of methoxy groups -OCH3 is 1. The van der Waals surface area contributed by atoms with Crippen molar-refractivity contribution in [2.45, 2.75) is 6.04 Å². The van der Waals surface area contributed by atoms with Gasteiger partial charge < -0.3 is 15.0 Å². The molecule has 1 aromatic rings. The zero-order valence-electron chi connectivity index (χ0n) is 12.7. The first-order valence-electron chi connectivity index (χ1n) is 6.67. The average Bonchev–Trinajstić information content (AvgIpc) is 2.46. The molecule has 0 fully saturated rings. The number of carbonyl (C=O) groups is 1. The Balaban J connectivity index is 2.75. The molecular weight excluding hydrogens is 266 g/mol. The quantitative estimate of drug-likeness (QED) is 0.771. The fourth-order valence-corrected chi connectivity index (χ4v) is 1.80. The zero-order valence-corrected chi connectivity index (χ0v) is 12.7. The van der Waals surface area contributed by atoms with Gasteiger partial charge in [0.2, 0.25) is 5.91 Å². The van der Waals surface area contributed by atoms with Gasteiger partial charge >= 0.3 is 0 Å². The Hall–Kier alpha value is -2.16. The Morgan fingerprint density at radius 1 is 1.52 bits per heavy atom. The van der Waals surface area contributed by atoms with E-state index in [0.29, 0.717) is 18.7 Å². The van der Waals surface area contributed by atoms with Crippen molar-refractivity contribution in [3.05, 3.63) is 47.5 Å². The first-order valence-corrected chi connectivity index (χ1v) is 6.67. The standard InChI is InChI=1S/C16H21N3O2/c1-19(2)9-5-8-16(20)18-15(12-21-3)14-7-4-6-13(10-14)11-17/h4-8,10,15H,9,12H2,1-3H3,(H,18,20)/b8-5+. The Labute approximate surface area is 125 Å². The van der Waals surface area contributed by atoms with E-state index in [2.05, 4.69) is 11.4 Å². The van der Waals surface area contributed by atoms with Crippen molar-refractivity contribution in [3.63, 3.8) is 0 Å². The Kier molecular flexibility index (Phi) is 7.16. The number of hydrogen-bond donors (Lipinski definition) is 1. The third-order valence-electron chi connectivity index (χ3n) is 2.81. The molecule has 0 saturated heterocycles. The molecule has 21 heavy (non-hydrogen) atoms. The van der Waals surface area contributed by atoms with Gasteiger partial charge in [-0.2, -0.15) is 5.26 Å². The summed E-state index contributed by atoms with van der Waals surface area (Å²) in [6.45, 7) is 1.05. The van der Waals surface area contributed by atoms with Crippen LogP contribution in [0.2, 0.25) is 0 Å². The molecule has 0 heterocycles. The van der Waals surface area contributed by atoms with Crippen molar-refractivity contribution in [2.75, 3.05) is 34.4 Å². The average molecular weight is 287 g/mol. The Morgan fingerprint density at radius 2 is 2.29 bits per heavy atom. The highest BCUT2D eigenvalue weighted by Gasteiger charge is 2.13. The molecule has 0 aliphatic rings. The maximum atomic E-state index is 11.9. The molecule has 0 saturated carbocycles. The van der Waals surface area contributed by atoms with Crippen molar-refractivity contribution in [2.24, 2.45) is 0 Å². The lowest BCUT2D eigenvalue weighted by atomic mass is 10.0. The van der Waals surface area contributed by atoms with Crippen LogP contribution >= 0.6 is 0 Å². The first-order chi connectivity index (χ1) is 10.1. The normalized spacial score (nSPS) is 12.3. The molecule has 0 aliphatic carbocycles. The fourth-order valence-electron chi connectivity index (χ4n) is 1.80. The van der Waals surface area contributed by atoms with Gasteiger partial charge in [0.05, 0.1) is 24.3 Å². The van der Waals surface area contributed by atoms with Crippen LogP contribution in [0.1, 0.15) is 17.2 Å². The van der Waals surface area contributed by atoms with Crippen molar-refractivity contribution in [1.82, 2.24) is 10.2 Å². The lowest BCUT2D eigenvalue weighted by molar-refractivity contribution is -0.117. The third kappa shape index (κ3) is 6.21. The van der Waals surface area contributed by atoms with Crippen molar-refractivity contribution < 1.29 is 9.53 Å². The molecule has 112 valence electrons. The topological polar surface area (TPSA) is 65.4 Å². The maximum Gasteiger partial charge on any atom is 0.244 e. The summed E-state index contributed by atoms with van der Waals surface area (Å²) in [5, 5.41) is 11.8. The van der Waals surface area contributed by atoms with Gasteiger partial charge in [0.1, 0.15) is 0 Å². The minimum Gasteiger partial charge on any atom is -0.382 e. The predicted molar refractivity (Wildman–Crippen MR) is 81.6 cm³/mol. The fraction of sp³-hybridized carbons (Fsp3) is 0.375. The third-order valence-corrected chi connectivity index (χ3v) is 2.81. The summed E-state index contributed by atoms with van der Waals surface area (Å²) >= 11 is 0. The summed E-state index contributed by atoms with van der Waals surface area (Å²) in [4.78, 5) is 13.9. The van der Waals surface area contributed by atoms with Crippen LogP contribution in [0.15, 0.2) is 36.4 Å². The second-order valence-electron chi connectivity index (χ2n) is 4.92. The van der Waals surface area contributed by atoms with Crippen molar-refractivity contribution in [1.29, 1.82) is 5.26 Å². The predicted octanol–water partition coefficient (Wildman–Crippen LogP) is 1.48. The summed E-state index contributed by atoms with van der Waals surface area (Å²) < 4.78 is 5.15. The molecule has 0 bridgehead atoms. The molecule has 5 nitrogen and oxygen atoms in total. The van der Waals surface area contributed by atoms with Crippen molar-refractivity contribution in [3.8, 4) is 6.07 Å². The second kappa shape index (κ2) is 8.90. The van der Waals surface area contributed by atoms with Crippen LogP contribution in [0.3, 0.4) is 0 Å². The molecule has 1 N–H and O–H groups in total. The lowest BCUT2D eigenvalue weighted by Crippen LogP contribution is -2.30. The van der Waals surface area contributed by atoms with E-state index in [1.54, 1.807) is 31.4 Å². The molecule has 0 radical (unpaired) electrons. The van der Waals surface area contributed by atoms with Gasteiger partial charge in [-0.25, -0.2) is 0 Å². The molecule has 5 heteroatoms. The highest BCUT2D eigenvalue weighted by atomic mass is 16.5. The molecule has 1 aromatic carbocycles. The minimum atomic E-state index is -0.278. The number of nitrogens with zero attached hydrogens (tertiary/aromatic N) is 2. The summed E-state index contributed by atoms with van der Waals surface area (Å²) in [6.07, 6.45) is 3.31. The highest BCUT2D eigenvalue weighted by Crippen LogP contribution is 2.15. The van der Waals surface area contributed by atoms with E-state index in [1.165, 1.54) is 6.08 Å². The van der Waals surface area contributed by atoms with E-state index in [9.17, 15) is 4.79 Å². The summed E-state index contributed by atoms with van der Waals surface area (Å²) in [5.41, 5.74) is 1.41. The summed E-state index contributed by atoms with van der Waals surface area (Å²) in [5.74, 6) is -0.179. The number of carbonyl (C=O) groups excluding carboxylic acids is 1. The number of rotatable bonds is 7. The Bertz CT molecular complexity index is 533. The van der Waals surface area contributed by atoms with Gasteiger partial charge in [-0.3, -0.25) is 4.79 Å². The van der Waals surface area contributed by atoms with Crippen LogP contribution < -0.4 is 5.32 Å². The van der Waals surface area contributed by atoms with Gasteiger partial charge in [-0.15, -0.1) is 0 Å². The highest BCUT2D eigenvalue weighted by molar-refractivity contribution is 5.87. The van der Waals surface area contributed by atoms with E-state index < -0.39 is 0 Å².